The summed E-state index contributed by atoms with van der Waals surface area (Å²) in [5, 5.41) is 0. The van der Waals surface area contributed by atoms with Gasteiger partial charge >= 0.3 is 6.36 Å². The van der Waals surface area contributed by atoms with Crippen LogP contribution in [-0.2, 0) is 0 Å². The summed E-state index contributed by atoms with van der Waals surface area (Å²) < 4.78 is 41.8. The first-order valence-electron chi connectivity index (χ1n) is 7.38. The van der Waals surface area contributed by atoms with Crippen molar-refractivity contribution in [1.29, 1.82) is 0 Å². The van der Waals surface area contributed by atoms with Gasteiger partial charge in [0, 0.05) is 12.0 Å². The zero-order chi connectivity index (χ0) is 15.6. The van der Waals surface area contributed by atoms with E-state index in [0.717, 1.165) is 19.3 Å². The average Bonchev–Trinajstić information content (AvgIpc) is 2.38. The number of rotatable bonds is 3. The van der Waals surface area contributed by atoms with Gasteiger partial charge in [-0.25, -0.2) is 0 Å². The first-order chi connectivity index (χ1) is 9.78. The lowest BCUT2D eigenvalue weighted by atomic mass is 9.71. The fourth-order valence-corrected chi connectivity index (χ4v) is 3.19. The molecule has 5 heteroatoms. The summed E-state index contributed by atoms with van der Waals surface area (Å²) in [5.41, 5.74) is 6.75. The highest BCUT2D eigenvalue weighted by molar-refractivity contribution is 5.37. The van der Waals surface area contributed by atoms with E-state index in [9.17, 15) is 13.2 Å². The number of para-hydroxylation sites is 1. The lowest BCUT2D eigenvalue weighted by molar-refractivity contribution is -0.275. The number of benzene rings is 1. The molecule has 1 aromatic rings. The SMILES string of the molecule is CC(C)C1CCC(N)C(c2ccccc2OC(F)(F)F)C1. The molecule has 3 atom stereocenters. The molecule has 0 spiro atoms. The number of halogens is 3. The maximum absolute atomic E-state index is 12.5. The zero-order valence-electron chi connectivity index (χ0n) is 12.4. The Kier molecular flexibility index (Phi) is 4.81. The molecule has 2 N–H and O–H groups in total. The predicted molar refractivity (Wildman–Crippen MR) is 76.0 cm³/mol. The fraction of sp³-hybridized carbons (Fsp3) is 0.625. The van der Waals surface area contributed by atoms with Crippen LogP contribution in [0.5, 0.6) is 5.75 Å². The Bertz CT molecular complexity index is 473. The van der Waals surface area contributed by atoms with Crippen molar-refractivity contribution >= 4 is 0 Å². The lowest BCUT2D eigenvalue weighted by Crippen LogP contribution is -2.36. The van der Waals surface area contributed by atoms with E-state index in [0.29, 0.717) is 17.4 Å². The highest BCUT2D eigenvalue weighted by Crippen LogP contribution is 2.42. The molecule has 0 bridgehead atoms. The van der Waals surface area contributed by atoms with Gasteiger partial charge in [-0.3, -0.25) is 0 Å². The van der Waals surface area contributed by atoms with E-state index in [2.05, 4.69) is 18.6 Å². The predicted octanol–water partition coefficient (Wildman–Crippen LogP) is 4.45. The van der Waals surface area contributed by atoms with Gasteiger partial charge in [0.1, 0.15) is 5.75 Å². The summed E-state index contributed by atoms with van der Waals surface area (Å²) in [6.07, 6.45) is -1.98. The van der Waals surface area contributed by atoms with E-state index in [4.69, 9.17) is 5.73 Å². The summed E-state index contributed by atoms with van der Waals surface area (Å²) >= 11 is 0. The molecule has 3 unspecified atom stereocenters. The Labute approximate surface area is 123 Å². The van der Waals surface area contributed by atoms with Gasteiger partial charge in [0.05, 0.1) is 0 Å². The van der Waals surface area contributed by atoms with Crippen molar-refractivity contribution in [2.24, 2.45) is 17.6 Å². The molecule has 0 heterocycles. The number of nitrogens with two attached hydrogens (primary N) is 1. The van der Waals surface area contributed by atoms with Crippen LogP contribution in [0.4, 0.5) is 13.2 Å². The molecule has 1 aliphatic carbocycles. The Hall–Kier alpha value is -1.23. The van der Waals surface area contributed by atoms with Gasteiger partial charge in [-0.05, 0) is 42.7 Å². The molecular weight excluding hydrogens is 279 g/mol. The van der Waals surface area contributed by atoms with E-state index in [1.54, 1.807) is 18.2 Å². The van der Waals surface area contributed by atoms with Gasteiger partial charge in [0.2, 0.25) is 0 Å². The van der Waals surface area contributed by atoms with Crippen LogP contribution in [0.1, 0.15) is 44.6 Å². The van der Waals surface area contributed by atoms with Crippen molar-refractivity contribution in [3.05, 3.63) is 29.8 Å². The summed E-state index contributed by atoms with van der Waals surface area (Å²) in [7, 11) is 0. The van der Waals surface area contributed by atoms with Crippen molar-refractivity contribution in [2.45, 2.75) is 51.4 Å². The number of hydrogen-bond donors (Lipinski definition) is 1. The Morgan fingerprint density at radius 2 is 1.86 bits per heavy atom. The van der Waals surface area contributed by atoms with Crippen molar-refractivity contribution in [1.82, 2.24) is 0 Å². The number of ether oxygens (including phenoxy) is 1. The van der Waals surface area contributed by atoms with E-state index >= 15 is 0 Å². The number of hydrogen-bond acceptors (Lipinski definition) is 2. The molecule has 21 heavy (non-hydrogen) atoms. The quantitative estimate of drug-likeness (QED) is 0.895. The van der Waals surface area contributed by atoms with Crippen molar-refractivity contribution < 1.29 is 17.9 Å². The van der Waals surface area contributed by atoms with Crippen LogP contribution in [-0.4, -0.2) is 12.4 Å². The van der Waals surface area contributed by atoms with Crippen LogP contribution >= 0.6 is 0 Å². The standard InChI is InChI=1S/C16H22F3NO/c1-10(2)11-7-8-14(20)13(9-11)12-5-3-4-6-15(12)21-16(17,18)19/h3-6,10-11,13-14H,7-9,20H2,1-2H3. The second-order valence-corrected chi connectivity index (χ2v) is 6.17. The maximum Gasteiger partial charge on any atom is 0.573 e. The van der Waals surface area contributed by atoms with E-state index in [1.807, 2.05) is 0 Å². The molecule has 2 rings (SSSR count). The Balaban J connectivity index is 2.27. The largest absolute Gasteiger partial charge is 0.573 e. The van der Waals surface area contributed by atoms with Crippen molar-refractivity contribution in [3.8, 4) is 5.75 Å². The molecule has 0 saturated heterocycles. The molecule has 1 fully saturated rings. The third-order valence-corrected chi connectivity index (χ3v) is 4.43. The minimum atomic E-state index is -4.67. The van der Waals surface area contributed by atoms with Gasteiger partial charge in [-0.15, -0.1) is 13.2 Å². The van der Waals surface area contributed by atoms with Crippen LogP contribution in [0.25, 0.3) is 0 Å². The van der Waals surface area contributed by atoms with Crippen LogP contribution < -0.4 is 10.5 Å². The van der Waals surface area contributed by atoms with Crippen LogP contribution in [0, 0.1) is 11.8 Å². The zero-order valence-corrected chi connectivity index (χ0v) is 12.4. The van der Waals surface area contributed by atoms with Crippen molar-refractivity contribution in [2.75, 3.05) is 0 Å². The van der Waals surface area contributed by atoms with E-state index in [-0.39, 0.29) is 17.7 Å². The van der Waals surface area contributed by atoms with E-state index < -0.39 is 6.36 Å². The molecule has 0 aromatic heterocycles. The number of alkyl halides is 3. The van der Waals surface area contributed by atoms with Gasteiger partial charge < -0.3 is 10.5 Å². The fourth-order valence-electron chi connectivity index (χ4n) is 3.19. The van der Waals surface area contributed by atoms with Crippen LogP contribution in [0.3, 0.4) is 0 Å². The van der Waals surface area contributed by atoms with E-state index in [1.165, 1.54) is 6.07 Å². The molecule has 1 aromatic carbocycles. The first kappa shape index (κ1) is 16.1. The first-order valence-corrected chi connectivity index (χ1v) is 7.38. The van der Waals surface area contributed by atoms with Gasteiger partial charge in [-0.2, -0.15) is 0 Å². The Morgan fingerprint density at radius 3 is 2.48 bits per heavy atom. The van der Waals surface area contributed by atoms with Gasteiger partial charge in [-0.1, -0.05) is 32.0 Å². The van der Waals surface area contributed by atoms with Gasteiger partial charge in [0.15, 0.2) is 0 Å². The summed E-state index contributed by atoms with van der Waals surface area (Å²) in [5.74, 6) is 0.809. The van der Waals surface area contributed by atoms with Crippen molar-refractivity contribution in [3.63, 3.8) is 0 Å². The molecule has 0 amide bonds. The maximum atomic E-state index is 12.5. The highest BCUT2D eigenvalue weighted by Gasteiger charge is 2.36. The summed E-state index contributed by atoms with van der Waals surface area (Å²) in [6.45, 7) is 4.30. The minimum Gasteiger partial charge on any atom is -0.405 e. The second kappa shape index (κ2) is 6.26. The van der Waals surface area contributed by atoms with Gasteiger partial charge in [0.25, 0.3) is 0 Å². The molecule has 0 aliphatic heterocycles. The molecule has 0 radical (unpaired) electrons. The van der Waals surface area contributed by atoms with Crippen LogP contribution in [0.15, 0.2) is 24.3 Å². The highest BCUT2D eigenvalue weighted by atomic mass is 19.4. The normalized spacial score (nSPS) is 26.9. The minimum absolute atomic E-state index is 0.0790. The Morgan fingerprint density at radius 1 is 1.19 bits per heavy atom. The summed E-state index contributed by atoms with van der Waals surface area (Å²) in [6, 6.07) is 6.25. The summed E-state index contributed by atoms with van der Waals surface area (Å²) in [4.78, 5) is 0. The molecule has 2 nitrogen and oxygen atoms in total. The molecule has 118 valence electrons. The topological polar surface area (TPSA) is 35.2 Å². The molecular formula is C16H22F3NO. The third kappa shape index (κ3) is 4.13. The van der Waals surface area contributed by atoms with Crippen LogP contribution in [0.2, 0.25) is 0 Å². The average molecular weight is 301 g/mol. The molecule has 1 aliphatic rings. The smallest absolute Gasteiger partial charge is 0.405 e. The molecule has 1 saturated carbocycles. The lowest BCUT2D eigenvalue weighted by Gasteiger charge is -2.37. The third-order valence-electron chi connectivity index (χ3n) is 4.43. The second-order valence-electron chi connectivity index (χ2n) is 6.17. The monoisotopic (exact) mass is 301 g/mol.